The summed E-state index contributed by atoms with van der Waals surface area (Å²) in [7, 11) is 1.31. The lowest BCUT2D eigenvalue weighted by atomic mass is 9.99. The van der Waals surface area contributed by atoms with Crippen LogP contribution < -0.4 is 5.32 Å². The highest BCUT2D eigenvalue weighted by Crippen LogP contribution is 2.22. The number of carbonyl (C=O) groups excluding carboxylic acids is 2. The van der Waals surface area contributed by atoms with E-state index < -0.39 is 12.0 Å². The Morgan fingerprint density at radius 1 is 1.29 bits per heavy atom. The Morgan fingerprint density at radius 2 is 1.95 bits per heavy atom. The van der Waals surface area contributed by atoms with Gasteiger partial charge in [0.1, 0.15) is 6.04 Å². The lowest BCUT2D eigenvalue weighted by Gasteiger charge is -2.21. The summed E-state index contributed by atoms with van der Waals surface area (Å²) in [6.07, 6.45) is 0.883. The summed E-state index contributed by atoms with van der Waals surface area (Å²) in [5.74, 6) is -0.703. The lowest BCUT2D eigenvalue weighted by molar-refractivity contribution is -0.146. The van der Waals surface area contributed by atoms with Gasteiger partial charge in [-0.2, -0.15) is 0 Å². The van der Waals surface area contributed by atoms with E-state index in [1.54, 1.807) is 18.2 Å². The molecule has 2 atom stereocenters. The van der Waals surface area contributed by atoms with Crippen molar-refractivity contribution in [3.05, 3.63) is 33.8 Å². The highest BCUT2D eigenvalue weighted by molar-refractivity contribution is 6.42. The van der Waals surface area contributed by atoms with E-state index in [0.717, 1.165) is 12.0 Å². The number of methoxy groups -OCH3 is 1. The van der Waals surface area contributed by atoms with Crippen LogP contribution in [0.3, 0.4) is 0 Å². The van der Waals surface area contributed by atoms with E-state index in [2.05, 4.69) is 5.32 Å². The van der Waals surface area contributed by atoms with Crippen LogP contribution >= 0.6 is 23.2 Å². The summed E-state index contributed by atoms with van der Waals surface area (Å²) >= 11 is 11.7. The predicted octanol–water partition coefficient (Wildman–Crippen LogP) is 3.24. The third-order valence-corrected chi connectivity index (χ3v) is 4.07. The van der Waals surface area contributed by atoms with Crippen LogP contribution in [0.25, 0.3) is 0 Å². The second-order valence-corrected chi connectivity index (χ2v) is 5.69. The quantitative estimate of drug-likeness (QED) is 0.814. The molecule has 6 heteroatoms. The van der Waals surface area contributed by atoms with E-state index in [9.17, 15) is 9.59 Å². The summed E-state index contributed by atoms with van der Waals surface area (Å²) in [5, 5.41) is 3.55. The number of halogens is 2. The fourth-order valence-electron chi connectivity index (χ4n) is 1.86. The normalized spacial score (nSPS) is 13.4. The highest BCUT2D eigenvalue weighted by Gasteiger charge is 2.26. The minimum Gasteiger partial charge on any atom is -0.467 e. The Balaban J connectivity index is 2.73. The second kappa shape index (κ2) is 8.25. The molecule has 2 unspecified atom stereocenters. The molecule has 0 saturated heterocycles. The van der Waals surface area contributed by atoms with Crippen LogP contribution in [-0.4, -0.2) is 25.0 Å². The summed E-state index contributed by atoms with van der Waals surface area (Å²) in [5.41, 5.74) is 0.731. The molecule has 1 N–H and O–H groups in total. The predicted molar refractivity (Wildman–Crippen MR) is 83.6 cm³/mol. The maximum atomic E-state index is 12.1. The molecule has 0 aliphatic carbocycles. The molecule has 1 aromatic rings. The molecule has 1 aromatic carbocycles. The Bertz CT molecular complexity index is 520. The van der Waals surface area contributed by atoms with Gasteiger partial charge in [0.25, 0.3) is 0 Å². The summed E-state index contributed by atoms with van der Waals surface area (Å²) < 4.78 is 4.73. The van der Waals surface area contributed by atoms with Crippen LogP contribution in [0.1, 0.15) is 25.8 Å². The van der Waals surface area contributed by atoms with Crippen molar-refractivity contribution in [2.24, 2.45) is 5.92 Å². The monoisotopic (exact) mass is 331 g/mol. The Hall–Kier alpha value is -1.26. The van der Waals surface area contributed by atoms with Crippen LogP contribution in [0.4, 0.5) is 0 Å². The second-order valence-electron chi connectivity index (χ2n) is 4.88. The van der Waals surface area contributed by atoms with E-state index in [0.29, 0.717) is 10.0 Å². The number of nitrogens with one attached hydrogen (secondary N) is 1. The van der Waals surface area contributed by atoms with Crippen molar-refractivity contribution in [1.29, 1.82) is 0 Å². The number of amides is 1. The highest BCUT2D eigenvalue weighted by atomic mass is 35.5. The van der Waals surface area contributed by atoms with E-state index >= 15 is 0 Å². The molecule has 4 nitrogen and oxygen atoms in total. The van der Waals surface area contributed by atoms with Crippen LogP contribution in [0.5, 0.6) is 0 Å². The fourth-order valence-corrected chi connectivity index (χ4v) is 2.18. The number of rotatable bonds is 6. The number of hydrogen-bond acceptors (Lipinski definition) is 3. The molecule has 0 aromatic heterocycles. The molecule has 0 aliphatic rings. The minimum atomic E-state index is -0.643. The standard InChI is InChI=1S/C15H19Cl2NO3/c1-4-9(2)14(15(20)21-3)18-13(19)8-10-5-6-11(16)12(17)7-10/h5-7,9,14H,4,8H2,1-3H3,(H,18,19). The van der Waals surface area contributed by atoms with Crippen molar-refractivity contribution in [1.82, 2.24) is 5.32 Å². The Morgan fingerprint density at radius 3 is 2.48 bits per heavy atom. The van der Waals surface area contributed by atoms with Crippen LogP contribution in [0.15, 0.2) is 18.2 Å². The van der Waals surface area contributed by atoms with Gasteiger partial charge in [-0.15, -0.1) is 0 Å². The van der Waals surface area contributed by atoms with Gasteiger partial charge >= 0.3 is 5.97 Å². The van der Waals surface area contributed by atoms with E-state index in [1.165, 1.54) is 7.11 Å². The largest absolute Gasteiger partial charge is 0.467 e. The molecule has 1 rings (SSSR count). The molecule has 0 saturated carbocycles. The first-order valence-electron chi connectivity index (χ1n) is 6.70. The van der Waals surface area contributed by atoms with E-state index in [-0.39, 0.29) is 18.2 Å². The maximum absolute atomic E-state index is 12.1. The van der Waals surface area contributed by atoms with Crippen molar-refractivity contribution in [3.8, 4) is 0 Å². The molecule has 0 bridgehead atoms. The zero-order valence-electron chi connectivity index (χ0n) is 12.3. The smallest absolute Gasteiger partial charge is 0.328 e. The summed E-state index contributed by atoms with van der Waals surface area (Å²) in [6, 6.07) is 4.36. The zero-order valence-corrected chi connectivity index (χ0v) is 13.8. The summed E-state index contributed by atoms with van der Waals surface area (Å²) in [6.45, 7) is 3.84. The molecular weight excluding hydrogens is 313 g/mol. The van der Waals surface area contributed by atoms with Crippen molar-refractivity contribution in [2.45, 2.75) is 32.7 Å². The van der Waals surface area contributed by atoms with Crippen molar-refractivity contribution in [2.75, 3.05) is 7.11 Å². The molecule has 1 amide bonds. The van der Waals surface area contributed by atoms with Gasteiger partial charge in [-0.3, -0.25) is 4.79 Å². The minimum absolute atomic E-state index is 0.00444. The topological polar surface area (TPSA) is 55.4 Å². The molecule has 116 valence electrons. The molecular formula is C15H19Cl2NO3. The third kappa shape index (κ3) is 5.21. The Labute approximate surface area is 134 Å². The van der Waals surface area contributed by atoms with Crippen LogP contribution in [0, 0.1) is 5.92 Å². The van der Waals surface area contributed by atoms with Gasteiger partial charge in [-0.05, 0) is 23.6 Å². The number of carbonyl (C=O) groups is 2. The van der Waals surface area contributed by atoms with Gasteiger partial charge in [-0.1, -0.05) is 49.5 Å². The number of benzene rings is 1. The molecule has 0 spiro atoms. The zero-order chi connectivity index (χ0) is 16.0. The van der Waals surface area contributed by atoms with Gasteiger partial charge in [0.05, 0.1) is 23.6 Å². The first kappa shape index (κ1) is 17.8. The van der Waals surface area contributed by atoms with Gasteiger partial charge in [0, 0.05) is 0 Å². The molecule has 0 aliphatic heterocycles. The molecule has 0 radical (unpaired) electrons. The average molecular weight is 332 g/mol. The van der Waals surface area contributed by atoms with Gasteiger partial charge in [-0.25, -0.2) is 4.79 Å². The average Bonchev–Trinajstić information content (AvgIpc) is 2.47. The molecule has 0 fully saturated rings. The number of ether oxygens (including phenoxy) is 1. The first-order valence-corrected chi connectivity index (χ1v) is 7.45. The van der Waals surface area contributed by atoms with Crippen molar-refractivity contribution in [3.63, 3.8) is 0 Å². The van der Waals surface area contributed by atoms with Crippen LogP contribution in [0.2, 0.25) is 10.0 Å². The van der Waals surface area contributed by atoms with Gasteiger partial charge in [0.2, 0.25) is 5.91 Å². The van der Waals surface area contributed by atoms with Gasteiger partial charge < -0.3 is 10.1 Å². The van der Waals surface area contributed by atoms with Crippen LogP contribution in [-0.2, 0) is 20.7 Å². The summed E-state index contributed by atoms with van der Waals surface area (Å²) in [4.78, 5) is 23.8. The number of esters is 1. The van der Waals surface area contributed by atoms with E-state index in [4.69, 9.17) is 27.9 Å². The fraction of sp³-hybridized carbons (Fsp3) is 0.467. The SMILES string of the molecule is CCC(C)C(NC(=O)Cc1ccc(Cl)c(Cl)c1)C(=O)OC. The molecule has 0 heterocycles. The Kier molecular flexibility index (Phi) is 6.99. The molecule has 21 heavy (non-hydrogen) atoms. The number of hydrogen-bond donors (Lipinski definition) is 1. The first-order chi connectivity index (χ1) is 9.88. The van der Waals surface area contributed by atoms with Gasteiger partial charge in [0.15, 0.2) is 0 Å². The van der Waals surface area contributed by atoms with Crippen molar-refractivity contribution >= 4 is 35.1 Å². The third-order valence-electron chi connectivity index (χ3n) is 3.33. The van der Waals surface area contributed by atoms with Crippen molar-refractivity contribution < 1.29 is 14.3 Å². The lowest BCUT2D eigenvalue weighted by Crippen LogP contribution is -2.46. The maximum Gasteiger partial charge on any atom is 0.328 e. The van der Waals surface area contributed by atoms with E-state index in [1.807, 2.05) is 13.8 Å².